The molecule has 3 rings (SSSR count). The zero-order valence-electron chi connectivity index (χ0n) is 16.3. The van der Waals surface area contributed by atoms with Crippen LogP contribution in [0.15, 0.2) is 30.3 Å². The largest absolute Gasteiger partial charge is 0.504 e. The topological polar surface area (TPSA) is 92.7 Å². The van der Waals surface area contributed by atoms with E-state index in [4.69, 9.17) is 28.4 Å². The number of benzene rings is 2. The summed E-state index contributed by atoms with van der Waals surface area (Å²) in [6.45, 7) is 0. The van der Waals surface area contributed by atoms with Gasteiger partial charge in [-0.05, 0) is 17.7 Å². The van der Waals surface area contributed by atoms with Crippen molar-refractivity contribution in [3.8, 4) is 28.7 Å². The van der Waals surface area contributed by atoms with Gasteiger partial charge in [-0.2, -0.15) is 0 Å². The highest BCUT2D eigenvalue weighted by Crippen LogP contribution is 2.52. The lowest BCUT2D eigenvalue weighted by molar-refractivity contribution is -0.222. The monoisotopic (exact) mass is 390 g/mol. The number of aromatic hydroxyl groups is 1. The maximum absolute atomic E-state index is 13.4. The summed E-state index contributed by atoms with van der Waals surface area (Å²) in [6.07, 6.45) is -0.939. The number of hydrogen-bond donors (Lipinski definition) is 1. The Bertz CT molecular complexity index is 871. The molecule has 150 valence electrons. The molecule has 0 spiro atoms. The SMILES string of the molecule is COc1ccc(C2Oc3cc(OC)c(OC)c(O)c3C(=O)C2(OC)OC)cc1. The van der Waals surface area contributed by atoms with Crippen LogP contribution in [-0.4, -0.2) is 52.2 Å². The summed E-state index contributed by atoms with van der Waals surface area (Å²) < 4.78 is 32.7. The number of hydrogen-bond acceptors (Lipinski definition) is 8. The lowest BCUT2D eigenvalue weighted by Gasteiger charge is -2.41. The molecule has 0 radical (unpaired) electrons. The van der Waals surface area contributed by atoms with E-state index in [9.17, 15) is 9.90 Å². The van der Waals surface area contributed by atoms with Crippen molar-refractivity contribution in [2.45, 2.75) is 11.9 Å². The Morgan fingerprint density at radius 1 is 0.964 bits per heavy atom. The smallest absolute Gasteiger partial charge is 0.276 e. The van der Waals surface area contributed by atoms with E-state index in [-0.39, 0.29) is 22.8 Å². The first kappa shape index (κ1) is 19.8. The molecule has 8 heteroatoms. The minimum Gasteiger partial charge on any atom is -0.504 e. The Kier molecular flexibility index (Phi) is 5.35. The number of carbonyl (C=O) groups is 1. The highest BCUT2D eigenvalue weighted by molar-refractivity contribution is 6.08. The van der Waals surface area contributed by atoms with E-state index in [1.165, 1.54) is 34.5 Å². The van der Waals surface area contributed by atoms with Gasteiger partial charge in [0.05, 0.1) is 21.3 Å². The van der Waals surface area contributed by atoms with Crippen LogP contribution in [0.2, 0.25) is 0 Å². The molecule has 28 heavy (non-hydrogen) atoms. The summed E-state index contributed by atoms with van der Waals surface area (Å²) in [4.78, 5) is 13.4. The zero-order chi connectivity index (χ0) is 20.5. The number of methoxy groups -OCH3 is 5. The number of phenolic OH excluding ortho intramolecular Hbond substituents is 1. The fourth-order valence-electron chi connectivity index (χ4n) is 3.31. The number of phenols is 1. The molecule has 1 N–H and O–H groups in total. The van der Waals surface area contributed by atoms with Crippen LogP contribution in [0.1, 0.15) is 22.0 Å². The molecule has 2 aromatic carbocycles. The second-order valence-electron chi connectivity index (χ2n) is 6.01. The molecule has 0 amide bonds. The van der Waals surface area contributed by atoms with Crippen molar-refractivity contribution >= 4 is 5.78 Å². The van der Waals surface area contributed by atoms with E-state index in [0.717, 1.165) is 0 Å². The van der Waals surface area contributed by atoms with E-state index in [1.807, 2.05) is 0 Å². The highest BCUT2D eigenvalue weighted by atomic mass is 16.7. The number of fused-ring (bicyclic) bond motifs is 1. The Balaban J connectivity index is 2.21. The molecule has 0 saturated carbocycles. The summed E-state index contributed by atoms with van der Waals surface area (Å²) in [5, 5.41) is 10.6. The van der Waals surface area contributed by atoms with Crippen molar-refractivity contribution < 1.29 is 38.3 Å². The molecule has 8 nitrogen and oxygen atoms in total. The van der Waals surface area contributed by atoms with Gasteiger partial charge in [-0.15, -0.1) is 0 Å². The molecule has 2 aromatic rings. The molecule has 1 atom stereocenters. The standard InChI is InChI=1S/C20H22O8/c1-23-12-8-6-11(7-9-12)19-20(26-4,27-5)18(22)15-13(28-19)10-14(24-2)17(25-3)16(15)21/h6-10,19,21H,1-5H3. The van der Waals surface area contributed by atoms with Gasteiger partial charge < -0.3 is 33.5 Å². The van der Waals surface area contributed by atoms with Crippen LogP contribution in [0.25, 0.3) is 0 Å². The number of Topliss-reactive ketones (excluding diaryl/α,β-unsaturated/α-hetero) is 1. The van der Waals surface area contributed by atoms with Crippen molar-refractivity contribution in [1.82, 2.24) is 0 Å². The average Bonchev–Trinajstić information content (AvgIpc) is 2.73. The van der Waals surface area contributed by atoms with Gasteiger partial charge in [0, 0.05) is 20.3 Å². The van der Waals surface area contributed by atoms with Crippen molar-refractivity contribution in [2.75, 3.05) is 35.5 Å². The quantitative estimate of drug-likeness (QED) is 0.753. The number of ether oxygens (including phenoxy) is 6. The van der Waals surface area contributed by atoms with E-state index in [0.29, 0.717) is 11.3 Å². The van der Waals surface area contributed by atoms with Crippen LogP contribution in [0, 0.1) is 0 Å². The molecule has 0 aromatic heterocycles. The van der Waals surface area contributed by atoms with Gasteiger partial charge in [0.25, 0.3) is 5.79 Å². The summed E-state index contributed by atoms with van der Waals surface area (Å²) in [5.74, 6) is -1.80. The minimum absolute atomic E-state index is 0.0159. The lowest BCUT2D eigenvalue weighted by Crippen LogP contribution is -2.52. The third kappa shape index (κ3) is 2.81. The molecule has 1 aliphatic heterocycles. The van der Waals surface area contributed by atoms with Crippen molar-refractivity contribution in [3.63, 3.8) is 0 Å². The zero-order valence-corrected chi connectivity index (χ0v) is 16.3. The van der Waals surface area contributed by atoms with E-state index >= 15 is 0 Å². The molecule has 1 aliphatic rings. The third-order valence-electron chi connectivity index (χ3n) is 4.77. The van der Waals surface area contributed by atoms with Gasteiger partial charge in [0.15, 0.2) is 17.6 Å². The Hall–Kier alpha value is -2.97. The van der Waals surface area contributed by atoms with Gasteiger partial charge in [-0.25, -0.2) is 0 Å². The van der Waals surface area contributed by atoms with Gasteiger partial charge in [0.2, 0.25) is 11.5 Å². The first-order valence-corrected chi connectivity index (χ1v) is 8.41. The predicted octanol–water partition coefficient (Wildman–Crippen LogP) is 2.72. The van der Waals surface area contributed by atoms with E-state index < -0.39 is 23.4 Å². The first-order chi connectivity index (χ1) is 13.5. The first-order valence-electron chi connectivity index (χ1n) is 8.41. The van der Waals surface area contributed by atoms with Gasteiger partial charge >= 0.3 is 0 Å². The molecule has 0 aliphatic carbocycles. The van der Waals surface area contributed by atoms with Crippen molar-refractivity contribution in [3.05, 3.63) is 41.5 Å². The van der Waals surface area contributed by atoms with Gasteiger partial charge in [0.1, 0.15) is 17.1 Å². The van der Waals surface area contributed by atoms with Crippen molar-refractivity contribution in [2.24, 2.45) is 0 Å². The van der Waals surface area contributed by atoms with Crippen LogP contribution < -0.4 is 18.9 Å². The third-order valence-corrected chi connectivity index (χ3v) is 4.77. The van der Waals surface area contributed by atoms with Crippen molar-refractivity contribution in [1.29, 1.82) is 0 Å². The molecule has 0 fully saturated rings. The van der Waals surface area contributed by atoms with Crippen LogP contribution in [0.5, 0.6) is 28.7 Å². The molecular weight excluding hydrogens is 368 g/mol. The maximum atomic E-state index is 13.4. The van der Waals surface area contributed by atoms with E-state index in [1.54, 1.807) is 31.4 Å². The Morgan fingerprint density at radius 2 is 1.61 bits per heavy atom. The molecule has 0 saturated heterocycles. The molecule has 1 unspecified atom stereocenters. The van der Waals surface area contributed by atoms with Crippen LogP contribution >= 0.6 is 0 Å². The summed E-state index contributed by atoms with van der Waals surface area (Å²) in [6, 6.07) is 8.45. The lowest BCUT2D eigenvalue weighted by atomic mass is 9.89. The van der Waals surface area contributed by atoms with Crippen LogP contribution in [0.4, 0.5) is 0 Å². The fraction of sp³-hybridized carbons (Fsp3) is 0.350. The van der Waals surface area contributed by atoms with Crippen LogP contribution in [-0.2, 0) is 9.47 Å². The normalized spacial score (nSPS) is 17.5. The predicted molar refractivity (Wildman–Crippen MR) is 98.7 cm³/mol. The Morgan fingerprint density at radius 3 is 2.11 bits per heavy atom. The highest BCUT2D eigenvalue weighted by Gasteiger charge is 2.55. The summed E-state index contributed by atoms with van der Waals surface area (Å²) in [7, 11) is 7.01. The molecular formula is C20H22O8. The summed E-state index contributed by atoms with van der Waals surface area (Å²) >= 11 is 0. The van der Waals surface area contributed by atoms with Crippen LogP contribution in [0.3, 0.4) is 0 Å². The molecule has 1 heterocycles. The minimum atomic E-state index is -1.81. The van der Waals surface area contributed by atoms with Gasteiger partial charge in [-0.3, -0.25) is 4.79 Å². The number of carbonyl (C=O) groups excluding carboxylic acids is 1. The fourth-order valence-corrected chi connectivity index (χ4v) is 3.31. The second-order valence-corrected chi connectivity index (χ2v) is 6.01. The Labute approximate surface area is 162 Å². The average molecular weight is 390 g/mol. The maximum Gasteiger partial charge on any atom is 0.276 e. The summed E-state index contributed by atoms with van der Waals surface area (Å²) in [5.41, 5.74) is 0.517. The van der Waals surface area contributed by atoms with Gasteiger partial charge in [-0.1, -0.05) is 12.1 Å². The number of ketones is 1. The number of rotatable bonds is 6. The molecule has 0 bridgehead atoms. The second kappa shape index (κ2) is 7.57. The van der Waals surface area contributed by atoms with E-state index in [2.05, 4.69) is 0 Å².